The topological polar surface area (TPSA) is 25.2 Å². The van der Waals surface area contributed by atoms with Crippen LogP contribution in [0.4, 0.5) is 0 Å². The van der Waals surface area contributed by atoms with E-state index in [9.17, 15) is 4.79 Å². The summed E-state index contributed by atoms with van der Waals surface area (Å²) >= 11 is 0. The molecule has 1 saturated heterocycles. The molecule has 3 nitrogen and oxygen atoms in total. The highest BCUT2D eigenvalue weighted by Crippen LogP contribution is 2.24. The molecule has 122 valence electrons. The van der Waals surface area contributed by atoms with Crippen molar-refractivity contribution in [3.63, 3.8) is 0 Å². The highest BCUT2D eigenvalue weighted by atomic mass is 16.1. The summed E-state index contributed by atoms with van der Waals surface area (Å²) in [4.78, 5) is 15.1. The Morgan fingerprint density at radius 1 is 1.04 bits per heavy atom. The number of fused-ring (bicyclic) bond motifs is 1. The summed E-state index contributed by atoms with van der Waals surface area (Å²) < 4.78 is 1.77. The average Bonchev–Trinajstić information content (AvgIpc) is 2.61. The lowest BCUT2D eigenvalue weighted by Crippen LogP contribution is -2.49. The van der Waals surface area contributed by atoms with Crippen molar-refractivity contribution in [2.24, 2.45) is 7.05 Å². The maximum Gasteiger partial charge on any atom is 0.255 e. The van der Waals surface area contributed by atoms with Crippen LogP contribution >= 0.6 is 0 Å². The number of nitrogens with zero attached hydrogens (tertiary/aromatic N) is 2. The first kappa shape index (κ1) is 15.2. The largest absolute Gasteiger partial charge is 0.311 e. The number of para-hydroxylation sites is 1. The van der Waals surface area contributed by atoms with E-state index in [4.69, 9.17) is 0 Å². The van der Waals surface area contributed by atoms with Crippen molar-refractivity contribution in [3.8, 4) is 0 Å². The minimum absolute atomic E-state index is 0.124. The summed E-state index contributed by atoms with van der Waals surface area (Å²) in [5, 5.41) is 1.13. The van der Waals surface area contributed by atoms with Gasteiger partial charge in [-0.2, -0.15) is 0 Å². The van der Waals surface area contributed by atoms with E-state index < -0.39 is 0 Å². The molecule has 0 radical (unpaired) electrons. The van der Waals surface area contributed by atoms with Crippen LogP contribution in [0.2, 0.25) is 0 Å². The average molecular weight is 318 g/mol. The lowest BCUT2D eigenvalue weighted by Gasteiger charge is -2.41. The van der Waals surface area contributed by atoms with Crippen LogP contribution in [0.25, 0.3) is 10.9 Å². The molecule has 0 amide bonds. The molecule has 4 rings (SSSR count). The van der Waals surface area contributed by atoms with Gasteiger partial charge in [-0.25, -0.2) is 0 Å². The quantitative estimate of drug-likeness (QED) is 0.737. The molecule has 3 heteroatoms. The SMILES string of the molecule is Cn1c(=O)c(CN2CCC2Cc2ccccc2)cc2ccccc21. The van der Waals surface area contributed by atoms with E-state index in [1.165, 1.54) is 12.0 Å². The van der Waals surface area contributed by atoms with Crippen molar-refractivity contribution < 1.29 is 0 Å². The Morgan fingerprint density at radius 2 is 1.79 bits per heavy atom. The third kappa shape index (κ3) is 2.76. The fourth-order valence-electron chi connectivity index (χ4n) is 3.64. The fraction of sp³-hybridized carbons (Fsp3) is 0.286. The van der Waals surface area contributed by atoms with Crippen molar-refractivity contribution in [1.82, 2.24) is 9.47 Å². The van der Waals surface area contributed by atoms with E-state index in [1.54, 1.807) is 4.57 Å². The Bertz CT molecular complexity index is 914. The fourth-order valence-corrected chi connectivity index (χ4v) is 3.64. The second-order valence-corrected chi connectivity index (χ2v) is 6.70. The monoisotopic (exact) mass is 318 g/mol. The molecule has 1 aromatic heterocycles. The van der Waals surface area contributed by atoms with Gasteiger partial charge >= 0.3 is 0 Å². The molecular weight excluding hydrogens is 296 g/mol. The second kappa shape index (κ2) is 6.25. The van der Waals surface area contributed by atoms with Crippen LogP contribution in [0.1, 0.15) is 17.5 Å². The molecule has 2 aromatic carbocycles. The van der Waals surface area contributed by atoms with Gasteiger partial charge < -0.3 is 4.57 Å². The van der Waals surface area contributed by atoms with E-state index in [0.29, 0.717) is 6.04 Å². The normalized spacial score (nSPS) is 17.8. The zero-order chi connectivity index (χ0) is 16.5. The lowest BCUT2D eigenvalue weighted by molar-refractivity contribution is 0.0816. The smallest absolute Gasteiger partial charge is 0.255 e. The van der Waals surface area contributed by atoms with Gasteiger partial charge in [0.05, 0.1) is 5.52 Å². The Labute approximate surface area is 142 Å². The van der Waals surface area contributed by atoms with Gasteiger partial charge in [-0.1, -0.05) is 48.5 Å². The molecule has 0 N–H and O–H groups in total. The first-order valence-electron chi connectivity index (χ1n) is 8.58. The van der Waals surface area contributed by atoms with Crippen LogP contribution in [0, 0.1) is 0 Å². The van der Waals surface area contributed by atoms with Crippen molar-refractivity contribution in [3.05, 3.63) is 82.1 Å². The van der Waals surface area contributed by atoms with Crippen molar-refractivity contribution in [2.75, 3.05) is 6.54 Å². The number of rotatable bonds is 4. The first-order valence-corrected chi connectivity index (χ1v) is 8.58. The minimum Gasteiger partial charge on any atom is -0.311 e. The number of aryl methyl sites for hydroxylation is 1. The Kier molecular flexibility index (Phi) is 3.95. The molecule has 3 aromatic rings. The van der Waals surface area contributed by atoms with E-state index in [1.807, 2.05) is 25.2 Å². The van der Waals surface area contributed by atoms with Crippen molar-refractivity contribution >= 4 is 10.9 Å². The Balaban J connectivity index is 1.56. The van der Waals surface area contributed by atoms with Gasteiger partial charge in [-0.05, 0) is 35.9 Å². The predicted molar refractivity (Wildman–Crippen MR) is 98.2 cm³/mol. The van der Waals surface area contributed by atoms with E-state index in [-0.39, 0.29) is 5.56 Å². The summed E-state index contributed by atoms with van der Waals surface area (Å²) in [7, 11) is 1.87. The molecule has 1 unspecified atom stereocenters. The number of pyridine rings is 1. The van der Waals surface area contributed by atoms with Gasteiger partial charge in [0.15, 0.2) is 0 Å². The summed E-state index contributed by atoms with van der Waals surface area (Å²) in [6, 6.07) is 21.3. The van der Waals surface area contributed by atoms with E-state index in [2.05, 4.69) is 47.4 Å². The number of hydrogen-bond donors (Lipinski definition) is 0. The lowest BCUT2D eigenvalue weighted by atomic mass is 9.94. The molecule has 24 heavy (non-hydrogen) atoms. The van der Waals surface area contributed by atoms with Gasteiger partial charge in [0.25, 0.3) is 5.56 Å². The molecule has 0 aliphatic carbocycles. The third-order valence-corrected chi connectivity index (χ3v) is 5.16. The molecule has 1 aliphatic heterocycles. The molecule has 1 aliphatic rings. The summed E-state index contributed by atoms with van der Waals surface area (Å²) in [6.45, 7) is 1.82. The second-order valence-electron chi connectivity index (χ2n) is 6.70. The highest BCUT2D eigenvalue weighted by Gasteiger charge is 2.28. The van der Waals surface area contributed by atoms with Gasteiger partial charge in [-0.3, -0.25) is 9.69 Å². The van der Waals surface area contributed by atoms with Crippen molar-refractivity contribution in [1.29, 1.82) is 0 Å². The molecule has 0 spiro atoms. The molecule has 0 saturated carbocycles. The van der Waals surface area contributed by atoms with Gasteiger partial charge in [0.2, 0.25) is 0 Å². The Hall–Kier alpha value is -2.39. The summed E-state index contributed by atoms with van der Waals surface area (Å²) in [5.41, 5.74) is 3.39. The number of likely N-dealkylation sites (tertiary alicyclic amines) is 1. The zero-order valence-electron chi connectivity index (χ0n) is 14.0. The van der Waals surface area contributed by atoms with E-state index >= 15 is 0 Å². The maximum absolute atomic E-state index is 12.7. The summed E-state index contributed by atoms with van der Waals surface area (Å²) in [5.74, 6) is 0. The molecule has 0 bridgehead atoms. The predicted octanol–water partition coefficient (Wildman–Crippen LogP) is 3.36. The molecule has 1 fully saturated rings. The number of hydrogen-bond acceptors (Lipinski definition) is 2. The highest BCUT2D eigenvalue weighted by molar-refractivity contribution is 5.79. The number of aromatic nitrogens is 1. The van der Waals surface area contributed by atoms with Crippen molar-refractivity contribution in [2.45, 2.75) is 25.4 Å². The van der Waals surface area contributed by atoms with Crippen LogP contribution < -0.4 is 5.56 Å². The molecule has 1 atom stereocenters. The number of benzene rings is 2. The molecular formula is C21H22N2O. The van der Waals surface area contributed by atoms with Crippen LogP contribution in [-0.4, -0.2) is 22.1 Å². The van der Waals surface area contributed by atoms with Crippen LogP contribution in [-0.2, 0) is 20.0 Å². The summed E-state index contributed by atoms with van der Waals surface area (Å²) in [6.07, 6.45) is 2.28. The third-order valence-electron chi connectivity index (χ3n) is 5.16. The maximum atomic E-state index is 12.7. The van der Waals surface area contributed by atoms with Crippen LogP contribution in [0.3, 0.4) is 0 Å². The minimum atomic E-state index is 0.124. The standard InChI is InChI=1S/C21H22N2O/c1-22-20-10-6-5-9-17(20)14-18(21(22)24)15-23-12-11-19(23)13-16-7-3-2-4-8-16/h2-10,14,19H,11-13,15H2,1H3. The Morgan fingerprint density at radius 3 is 2.54 bits per heavy atom. The van der Waals surface area contributed by atoms with Crippen LogP contribution in [0.15, 0.2) is 65.5 Å². The molecule has 2 heterocycles. The zero-order valence-corrected chi connectivity index (χ0v) is 14.0. The van der Waals surface area contributed by atoms with Gasteiger partial charge in [0, 0.05) is 31.7 Å². The van der Waals surface area contributed by atoms with Gasteiger partial charge in [0.1, 0.15) is 0 Å². The van der Waals surface area contributed by atoms with E-state index in [0.717, 1.165) is 36.0 Å². The van der Waals surface area contributed by atoms with Crippen LogP contribution in [0.5, 0.6) is 0 Å². The first-order chi connectivity index (χ1) is 11.7. The van der Waals surface area contributed by atoms with Gasteiger partial charge in [-0.15, -0.1) is 0 Å².